The minimum atomic E-state index is -1.01. The lowest BCUT2D eigenvalue weighted by Crippen LogP contribution is -2.53. The van der Waals surface area contributed by atoms with E-state index in [9.17, 15) is 9.59 Å². The Balaban J connectivity index is 1.84. The van der Waals surface area contributed by atoms with E-state index in [2.05, 4.69) is 6.07 Å². The average Bonchev–Trinajstić information content (AvgIpc) is 2.47. The monoisotopic (exact) mass is 309 g/mol. The number of carboxylic acid groups (broad SMARTS) is 1. The number of benzene rings is 1. The number of carbonyl (C=O) groups is 2. The molecule has 0 aromatic heterocycles. The quantitative estimate of drug-likeness (QED) is 0.893. The fourth-order valence-electron chi connectivity index (χ4n) is 2.25. The van der Waals surface area contributed by atoms with Crippen LogP contribution in [0.4, 0.5) is 0 Å². The third-order valence-corrected chi connectivity index (χ3v) is 4.30. The van der Waals surface area contributed by atoms with Gasteiger partial charge in [0.05, 0.1) is 19.0 Å². The van der Waals surface area contributed by atoms with Crippen molar-refractivity contribution >= 4 is 23.6 Å². The molecule has 1 N–H and O–H groups in total. The highest BCUT2D eigenvalue weighted by Crippen LogP contribution is 2.16. The molecule has 1 aromatic rings. The van der Waals surface area contributed by atoms with Gasteiger partial charge in [0.1, 0.15) is 0 Å². The highest BCUT2D eigenvalue weighted by Gasteiger charge is 2.32. The number of morpholine rings is 1. The third-order valence-electron chi connectivity index (χ3n) is 3.31. The van der Waals surface area contributed by atoms with Gasteiger partial charge in [0, 0.05) is 12.3 Å². The Labute approximate surface area is 128 Å². The second-order valence-electron chi connectivity index (χ2n) is 5.00. The number of nitrogens with zero attached hydrogens (tertiary/aromatic N) is 1. The Morgan fingerprint density at radius 3 is 3.00 bits per heavy atom. The second-order valence-corrected chi connectivity index (χ2v) is 5.98. The molecule has 6 heteroatoms. The van der Waals surface area contributed by atoms with Crippen LogP contribution in [-0.4, -0.2) is 53.4 Å². The van der Waals surface area contributed by atoms with E-state index in [1.165, 1.54) is 27.8 Å². The van der Waals surface area contributed by atoms with Crippen LogP contribution in [0.3, 0.4) is 0 Å². The van der Waals surface area contributed by atoms with Crippen LogP contribution in [0, 0.1) is 6.92 Å². The van der Waals surface area contributed by atoms with E-state index in [1.54, 1.807) is 0 Å². The Hall–Kier alpha value is -1.53. The number of aliphatic carboxylic acids is 1. The van der Waals surface area contributed by atoms with Crippen molar-refractivity contribution in [3.05, 3.63) is 35.4 Å². The SMILES string of the molecule is Cc1cccc(CSCC(=O)N2CCOCC2C(=O)O)c1. The largest absolute Gasteiger partial charge is 0.480 e. The normalized spacial score (nSPS) is 18.5. The summed E-state index contributed by atoms with van der Waals surface area (Å²) in [6, 6.07) is 7.29. The first-order valence-corrected chi connectivity index (χ1v) is 7.96. The van der Waals surface area contributed by atoms with E-state index in [4.69, 9.17) is 9.84 Å². The Kier molecular flexibility index (Phi) is 5.64. The maximum atomic E-state index is 12.2. The molecule has 0 radical (unpaired) electrons. The molecule has 1 aliphatic rings. The summed E-state index contributed by atoms with van der Waals surface area (Å²) < 4.78 is 5.13. The second kappa shape index (κ2) is 7.47. The number of aryl methyl sites for hydroxylation is 1. The lowest BCUT2D eigenvalue weighted by molar-refractivity contribution is -0.157. The summed E-state index contributed by atoms with van der Waals surface area (Å²) in [6.07, 6.45) is 0. The summed E-state index contributed by atoms with van der Waals surface area (Å²) in [5.74, 6) is -0.108. The lowest BCUT2D eigenvalue weighted by Gasteiger charge is -2.32. The lowest BCUT2D eigenvalue weighted by atomic mass is 10.2. The molecule has 0 spiro atoms. The van der Waals surface area contributed by atoms with Crippen molar-refractivity contribution in [1.29, 1.82) is 0 Å². The van der Waals surface area contributed by atoms with Gasteiger partial charge in [-0.1, -0.05) is 29.8 Å². The number of hydrogen-bond acceptors (Lipinski definition) is 4. The van der Waals surface area contributed by atoms with Crippen molar-refractivity contribution in [2.24, 2.45) is 0 Å². The first kappa shape index (κ1) is 15.9. The first-order valence-electron chi connectivity index (χ1n) is 6.81. The number of thioether (sulfide) groups is 1. The van der Waals surface area contributed by atoms with Crippen LogP contribution in [0.1, 0.15) is 11.1 Å². The fourth-order valence-corrected chi connectivity index (χ4v) is 3.11. The average molecular weight is 309 g/mol. The van der Waals surface area contributed by atoms with Crippen LogP contribution in [-0.2, 0) is 20.1 Å². The molecule has 0 bridgehead atoms. The Morgan fingerprint density at radius 2 is 2.29 bits per heavy atom. The van der Waals surface area contributed by atoms with Crippen LogP contribution in [0.25, 0.3) is 0 Å². The molecule has 1 aromatic carbocycles. The molecule has 1 heterocycles. The predicted molar refractivity (Wildman–Crippen MR) is 81.3 cm³/mol. The summed E-state index contributed by atoms with van der Waals surface area (Å²) in [5, 5.41) is 9.11. The van der Waals surface area contributed by atoms with Crippen molar-refractivity contribution in [2.75, 3.05) is 25.5 Å². The number of rotatable bonds is 5. The van der Waals surface area contributed by atoms with Crippen molar-refractivity contribution in [1.82, 2.24) is 4.90 Å². The maximum absolute atomic E-state index is 12.2. The van der Waals surface area contributed by atoms with Crippen molar-refractivity contribution in [3.8, 4) is 0 Å². The molecule has 1 unspecified atom stereocenters. The minimum Gasteiger partial charge on any atom is -0.480 e. The molecule has 5 nitrogen and oxygen atoms in total. The van der Waals surface area contributed by atoms with Crippen LogP contribution in [0.15, 0.2) is 24.3 Å². The molecule has 1 atom stereocenters. The number of amides is 1. The molecule has 114 valence electrons. The molecule has 1 saturated heterocycles. The first-order chi connectivity index (χ1) is 10.1. The van der Waals surface area contributed by atoms with Crippen molar-refractivity contribution < 1.29 is 19.4 Å². The molecule has 21 heavy (non-hydrogen) atoms. The summed E-state index contributed by atoms with van der Waals surface area (Å²) in [7, 11) is 0. The maximum Gasteiger partial charge on any atom is 0.328 e. The molecule has 0 saturated carbocycles. The van der Waals surface area contributed by atoms with E-state index >= 15 is 0 Å². The number of carboxylic acids is 1. The zero-order valence-corrected chi connectivity index (χ0v) is 12.8. The minimum absolute atomic E-state index is 0.0730. The van der Waals surface area contributed by atoms with E-state index in [0.29, 0.717) is 13.2 Å². The third kappa shape index (κ3) is 4.47. The number of hydrogen-bond donors (Lipinski definition) is 1. The van der Waals surface area contributed by atoms with Crippen LogP contribution in [0.5, 0.6) is 0 Å². The summed E-state index contributed by atoms with van der Waals surface area (Å²) in [5.41, 5.74) is 2.36. The summed E-state index contributed by atoms with van der Waals surface area (Å²) in [4.78, 5) is 24.7. The van der Waals surface area contributed by atoms with E-state index < -0.39 is 12.0 Å². The van der Waals surface area contributed by atoms with Gasteiger partial charge in [-0.3, -0.25) is 4.79 Å². The van der Waals surface area contributed by atoms with Gasteiger partial charge in [-0.05, 0) is 12.5 Å². The standard InChI is InChI=1S/C15H19NO4S/c1-11-3-2-4-12(7-11)9-21-10-14(17)16-5-6-20-8-13(16)15(18)19/h2-4,7,13H,5-6,8-10H2,1H3,(H,18,19). The van der Waals surface area contributed by atoms with Gasteiger partial charge in [0.2, 0.25) is 5.91 Å². The molecule has 1 aliphatic heterocycles. The van der Waals surface area contributed by atoms with E-state index in [1.807, 2.05) is 25.1 Å². The van der Waals surface area contributed by atoms with E-state index in [0.717, 1.165) is 5.75 Å². The van der Waals surface area contributed by atoms with Crippen LogP contribution < -0.4 is 0 Å². The van der Waals surface area contributed by atoms with Gasteiger partial charge in [-0.15, -0.1) is 11.8 Å². The van der Waals surface area contributed by atoms with Gasteiger partial charge in [0.25, 0.3) is 0 Å². The van der Waals surface area contributed by atoms with Crippen LogP contribution >= 0.6 is 11.8 Å². The fraction of sp³-hybridized carbons (Fsp3) is 0.467. The molecular formula is C15H19NO4S. The van der Waals surface area contributed by atoms with Gasteiger partial charge in [0.15, 0.2) is 6.04 Å². The molecule has 1 fully saturated rings. The molecule has 0 aliphatic carbocycles. The number of ether oxygens (including phenoxy) is 1. The predicted octanol–water partition coefficient (Wildman–Crippen LogP) is 1.54. The Morgan fingerprint density at radius 1 is 1.48 bits per heavy atom. The molecular weight excluding hydrogens is 290 g/mol. The molecule has 2 rings (SSSR count). The topological polar surface area (TPSA) is 66.8 Å². The van der Waals surface area contributed by atoms with Crippen molar-refractivity contribution in [3.63, 3.8) is 0 Å². The highest BCUT2D eigenvalue weighted by atomic mass is 32.2. The smallest absolute Gasteiger partial charge is 0.328 e. The highest BCUT2D eigenvalue weighted by molar-refractivity contribution is 7.99. The van der Waals surface area contributed by atoms with Gasteiger partial charge in [-0.2, -0.15) is 0 Å². The van der Waals surface area contributed by atoms with E-state index in [-0.39, 0.29) is 18.3 Å². The zero-order valence-electron chi connectivity index (χ0n) is 11.9. The molecule has 1 amide bonds. The van der Waals surface area contributed by atoms with Crippen molar-refractivity contribution in [2.45, 2.75) is 18.7 Å². The van der Waals surface area contributed by atoms with Gasteiger partial charge in [-0.25, -0.2) is 4.79 Å². The van der Waals surface area contributed by atoms with Gasteiger partial charge < -0.3 is 14.7 Å². The summed E-state index contributed by atoms with van der Waals surface area (Å²) >= 11 is 1.51. The van der Waals surface area contributed by atoms with Gasteiger partial charge >= 0.3 is 5.97 Å². The number of carbonyl (C=O) groups excluding carboxylic acids is 1. The zero-order chi connectivity index (χ0) is 15.2. The summed E-state index contributed by atoms with van der Waals surface area (Å²) in [6.45, 7) is 2.85. The van der Waals surface area contributed by atoms with Crippen LogP contribution in [0.2, 0.25) is 0 Å². The Bertz CT molecular complexity index is 520.